The van der Waals surface area contributed by atoms with E-state index in [1.165, 1.54) is 11.1 Å². The highest BCUT2D eigenvalue weighted by Crippen LogP contribution is 2.28. The highest BCUT2D eigenvalue weighted by atomic mass is 35.5. The molecule has 3 nitrogen and oxygen atoms in total. The number of anilines is 1. The highest BCUT2D eigenvalue weighted by Gasteiger charge is 2.07. The number of thiazole rings is 1. The molecule has 0 spiro atoms. The van der Waals surface area contributed by atoms with Crippen LogP contribution in [0.25, 0.3) is 11.3 Å². The summed E-state index contributed by atoms with van der Waals surface area (Å²) >= 11 is 7.46. The van der Waals surface area contributed by atoms with Gasteiger partial charge in [0.05, 0.1) is 11.4 Å². The molecule has 0 fully saturated rings. The molecule has 122 valence electrons. The van der Waals surface area contributed by atoms with Crippen molar-refractivity contribution >= 4 is 33.8 Å². The van der Waals surface area contributed by atoms with Crippen LogP contribution in [-0.2, 0) is 0 Å². The lowest BCUT2D eigenvalue weighted by molar-refractivity contribution is 1.26. The third kappa shape index (κ3) is 3.83. The second kappa shape index (κ2) is 7.16. The van der Waals surface area contributed by atoms with E-state index in [1.807, 2.05) is 31.2 Å². The predicted molar refractivity (Wildman–Crippen MR) is 104 cm³/mol. The first-order chi connectivity index (χ1) is 11.5. The van der Waals surface area contributed by atoms with Gasteiger partial charge < -0.3 is 0 Å². The van der Waals surface area contributed by atoms with Crippen LogP contribution in [0.4, 0.5) is 5.13 Å². The molecule has 1 heterocycles. The topological polar surface area (TPSA) is 37.3 Å². The molecule has 0 atom stereocenters. The van der Waals surface area contributed by atoms with E-state index in [4.69, 9.17) is 11.6 Å². The average Bonchev–Trinajstić information content (AvgIpc) is 3.04. The van der Waals surface area contributed by atoms with E-state index in [1.54, 1.807) is 11.3 Å². The Bertz CT molecular complexity index is 882. The molecule has 2 aromatic carbocycles. The van der Waals surface area contributed by atoms with Crippen molar-refractivity contribution in [1.29, 1.82) is 0 Å². The van der Waals surface area contributed by atoms with E-state index >= 15 is 0 Å². The van der Waals surface area contributed by atoms with Crippen LogP contribution in [-0.4, -0.2) is 10.7 Å². The van der Waals surface area contributed by atoms with Crippen LogP contribution in [0.2, 0.25) is 5.02 Å². The summed E-state index contributed by atoms with van der Waals surface area (Å²) in [6, 6.07) is 14.0. The molecular weight excluding hydrogens is 338 g/mol. The number of benzene rings is 2. The van der Waals surface area contributed by atoms with E-state index in [-0.39, 0.29) is 0 Å². The van der Waals surface area contributed by atoms with Crippen LogP contribution in [0.3, 0.4) is 0 Å². The number of rotatable bonds is 4. The number of hydrogen-bond acceptors (Lipinski definition) is 4. The van der Waals surface area contributed by atoms with Crippen molar-refractivity contribution in [2.45, 2.75) is 20.8 Å². The Kier molecular flexibility index (Phi) is 4.97. The second-order valence-electron chi connectivity index (χ2n) is 5.67. The Hall–Kier alpha value is -2.17. The van der Waals surface area contributed by atoms with E-state index in [0.29, 0.717) is 0 Å². The SMILES string of the molecule is C/C(=N/Nc1nc(-c2cc(C)ccc2C)cs1)c1ccc(Cl)cc1. The molecule has 0 bridgehead atoms. The van der Waals surface area contributed by atoms with E-state index in [9.17, 15) is 0 Å². The van der Waals surface area contributed by atoms with Gasteiger partial charge in [-0.05, 0) is 50.1 Å². The van der Waals surface area contributed by atoms with E-state index < -0.39 is 0 Å². The molecule has 0 aliphatic rings. The highest BCUT2D eigenvalue weighted by molar-refractivity contribution is 7.14. The summed E-state index contributed by atoms with van der Waals surface area (Å²) in [5.41, 5.74) is 9.55. The van der Waals surface area contributed by atoms with Crippen LogP contribution in [0.1, 0.15) is 23.6 Å². The van der Waals surface area contributed by atoms with Crippen molar-refractivity contribution in [3.8, 4) is 11.3 Å². The Labute approximate surface area is 151 Å². The first kappa shape index (κ1) is 16.7. The summed E-state index contributed by atoms with van der Waals surface area (Å²) in [7, 11) is 0. The van der Waals surface area contributed by atoms with Crippen molar-refractivity contribution < 1.29 is 0 Å². The van der Waals surface area contributed by atoms with Gasteiger partial charge in [-0.1, -0.05) is 41.4 Å². The Morgan fingerprint density at radius 3 is 2.62 bits per heavy atom. The maximum Gasteiger partial charge on any atom is 0.203 e. The van der Waals surface area contributed by atoms with Gasteiger partial charge in [0.2, 0.25) is 5.13 Å². The molecule has 1 aromatic heterocycles. The van der Waals surface area contributed by atoms with Crippen LogP contribution in [0.15, 0.2) is 52.9 Å². The molecule has 1 N–H and O–H groups in total. The van der Waals surface area contributed by atoms with Gasteiger partial charge in [-0.25, -0.2) is 4.98 Å². The van der Waals surface area contributed by atoms with Gasteiger partial charge in [0.1, 0.15) is 0 Å². The third-order valence-electron chi connectivity index (χ3n) is 3.75. The third-order valence-corrected chi connectivity index (χ3v) is 4.75. The van der Waals surface area contributed by atoms with Crippen LogP contribution < -0.4 is 5.43 Å². The fourth-order valence-corrected chi connectivity index (χ4v) is 3.13. The Morgan fingerprint density at radius 2 is 1.88 bits per heavy atom. The first-order valence-electron chi connectivity index (χ1n) is 7.62. The summed E-state index contributed by atoms with van der Waals surface area (Å²) in [5, 5.41) is 7.96. The molecule has 5 heteroatoms. The number of aromatic nitrogens is 1. The average molecular weight is 356 g/mol. The number of hydrazone groups is 1. The van der Waals surface area contributed by atoms with Crippen LogP contribution in [0, 0.1) is 13.8 Å². The van der Waals surface area contributed by atoms with Crippen molar-refractivity contribution in [3.05, 3.63) is 69.6 Å². The number of hydrogen-bond donors (Lipinski definition) is 1. The van der Waals surface area contributed by atoms with Gasteiger partial charge in [-0.3, -0.25) is 5.43 Å². The minimum Gasteiger partial charge on any atom is -0.252 e. The lowest BCUT2D eigenvalue weighted by atomic mass is 10.0. The normalized spacial score (nSPS) is 11.6. The molecule has 0 radical (unpaired) electrons. The van der Waals surface area contributed by atoms with Crippen LogP contribution in [0.5, 0.6) is 0 Å². The lowest BCUT2D eigenvalue weighted by Crippen LogP contribution is -1.99. The van der Waals surface area contributed by atoms with Gasteiger partial charge in [0.15, 0.2) is 0 Å². The summed E-state index contributed by atoms with van der Waals surface area (Å²) in [6.07, 6.45) is 0. The minimum absolute atomic E-state index is 0.720. The van der Waals surface area contributed by atoms with Gasteiger partial charge in [0, 0.05) is 16.0 Å². The summed E-state index contributed by atoms with van der Waals surface area (Å²) in [6.45, 7) is 6.15. The zero-order valence-corrected chi connectivity index (χ0v) is 15.4. The maximum atomic E-state index is 5.91. The largest absolute Gasteiger partial charge is 0.252 e. The molecule has 24 heavy (non-hydrogen) atoms. The van der Waals surface area contributed by atoms with Crippen molar-refractivity contribution in [2.75, 3.05) is 5.43 Å². The standard InChI is InChI=1S/C19H18ClN3S/c1-12-4-5-13(2)17(10-12)18-11-24-19(21-18)23-22-14(3)15-6-8-16(20)9-7-15/h4-11H,1-3H3,(H,21,23)/b22-14-. The molecule has 0 aliphatic carbocycles. The first-order valence-corrected chi connectivity index (χ1v) is 8.88. The summed E-state index contributed by atoms with van der Waals surface area (Å²) in [5.74, 6) is 0. The second-order valence-corrected chi connectivity index (χ2v) is 6.97. The fourth-order valence-electron chi connectivity index (χ4n) is 2.35. The number of nitrogens with one attached hydrogen (secondary N) is 1. The zero-order valence-electron chi connectivity index (χ0n) is 13.8. The smallest absolute Gasteiger partial charge is 0.203 e. The number of halogens is 1. The molecular formula is C19H18ClN3S. The molecule has 3 rings (SSSR count). The molecule has 0 unspecified atom stereocenters. The van der Waals surface area contributed by atoms with Gasteiger partial charge >= 0.3 is 0 Å². The van der Waals surface area contributed by atoms with Gasteiger partial charge in [0.25, 0.3) is 0 Å². The predicted octanol–water partition coefficient (Wildman–Crippen LogP) is 5.92. The van der Waals surface area contributed by atoms with Crippen molar-refractivity contribution in [3.63, 3.8) is 0 Å². The maximum absolute atomic E-state index is 5.91. The van der Waals surface area contributed by atoms with Crippen LogP contribution >= 0.6 is 22.9 Å². The molecule has 0 aliphatic heterocycles. The lowest BCUT2D eigenvalue weighted by Gasteiger charge is -2.04. The zero-order chi connectivity index (χ0) is 17.1. The number of nitrogens with zero attached hydrogens (tertiary/aromatic N) is 2. The molecule has 0 saturated carbocycles. The monoisotopic (exact) mass is 355 g/mol. The summed E-state index contributed by atoms with van der Waals surface area (Å²) < 4.78 is 0. The minimum atomic E-state index is 0.720. The quantitative estimate of drug-likeness (QED) is 0.466. The van der Waals surface area contributed by atoms with Gasteiger partial charge in [-0.2, -0.15) is 5.10 Å². The molecule has 3 aromatic rings. The fraction of sp³-hybridized carbons (Fsp3) is 0.158. The van der Waals surface area contributed by atoms with E-state index in [2.05, 4.69) is 52.9 Å². The molecule has 0 saturated heterocycles. The summed E-state index contributed by atoms with van der Waals surface area (Å²) in [4.78, 5) is 4.64. The molecule has 0 amide bonds. The van der Waals surface area contributed by atoms with Gasteiger partial charge in [-0.15, -0.1) is 11.3 Å². The van der Waals surface area contributed by atoms with E-state index in [0.717, 1.165) is 32.7 Å². The Morgan fingerprint density at radius 1 is 1.12 bits per heavy atom. The van der Waals surface area contributed by atoms with Crippen molar-refractivity contribution in [1.82, 2.24) is 4.98 Å². The number of aryl methyl sites for hydroxylation is 2. The Balaban J connectivity index is 1.77. The van der Waals surface area contributed by atoms with Crippen molar-refractivity contribution in [2.24, 2.45) is 5.10 Å².